The Morgan fingerprint density at radius 1 is 1.29 bits per heavy atom. The van der Waals surface area contributed by atoms with Gasteiger partial charge in [0.05, 0.1) is 12.4 Å². The molecule has 120 valence electrons. The Kier molecular flexibility index (Phi) is 6.53. The van der Waals surface area contributed by atoms with Crippen LogP contribution in [0.2, 0.25) is 0 Å². The fraction of sp³-hybridized carbons (Fsp3) is 0.600. The fourth-order valence-corrected chi connectivity index (χ4v) is 3.62. The van der Waals surface area contributed by atoms with Gasteiger partial charge in [-0.1, -0.05) is 36.7 Å². The van der Waals surface area contributed by atoms with Crippen LogP contribution in [-0.2, 0) is 15.4 Å². The molecule has 0 spiro atoms. The second-order valence-corrected chi connectivity index (χ2v) is 8.52. The summed E-state index contributed by atoms with van der Waals surface area (Å²) in [7, 11) is -3.32. The fourth-order valence-electron chi connectivity index (χ4n) is 1.71. The Balaban J connectivity index is 2.82. The third kappa shape index (κ3) is 6.70. The lowest BCUT2D eigenvalue weighted by Crippen LogP contribution is -2.21. The molecular formula is C15H24BrNO3S. The van der Waals surface area contributed by atoms with Crippen LogP contribution in [0.25, 0.3) is 0 Å². The van der Waals surface area contributed by atoms with Crippen LogP contribution in [0.5, 0.6) is 5.75 Å². The molecule has 0 saturated heterocycles. The maximum atomic E-state index is 12.1. The van der Waals surface area contributed by atoms with Crippen LogP contribution in [0.1, 0.15) is 39.7 Å². The topological polar surface area (TPSA) is 55.4 Å². The molecule has 0 bridgehead atoms. The molecule has 0 aromatic heterocycles. The lowest BCUT2D eigenvalue weighted by atomic mass is 9.94. The average molecular weight is 378 g/mol. The first-order chi connectivity index (χ1) is 9.67. The molecule has 1 aromatic rings. The minimum absolute atomic E-state index is 0.00536. The van der Waals surface area contributed by atoms with Crippen molar-refractivity contribution in [2.75, 3.05) is 17.1 Å². The van der Waals surface area contributed by atoms with Crippen LogP contribution in [0.4, 0.5) is 5.69 Å². The number of hydrogen-bond acceptors (Lipinski definition) is 3. The first kappa shape index (κ1) is 18.3. The van der Waals surface area contributed by atoms with E-state index in [1.165, 1.54) is 0 Å². The Morgan fingerprint density at radius 3 is 2.48 bits per heavy atom. The van der Waals surface area contributed by atoms with Crippen molar-refractivity contribution in [2.24, 2.45) is 5.41 Å². The number of alkyl halides is 1. The molecule has 1 N–H and O–H groups in total. The summed E-state index contributed by atoms with van der Waals surface area (Å²) >= 11 is 3.39. The Labute approximate surface area is 136 Å². The zero-order chi connectivity index (χ0) is 16.1. The van der Waals surface area contributed by atoms with E-state index in [0.29, 0.717) is 24.0 Å². The zero-order valence-electron chi connectivity index (χ0n) is 13.1. The highest BCUT2D eigenvalue weighted by Crippen LogP contribution is 2.26. The molecule has 0 heterocycles. The predicted molar refractivity (Wildman–Crippen MR) is 91.7 cm³/mol. The highest BCUT2D eigenvalue weighted by atomic mass is 79.9. The molecule has 0 amide bonds. The average Bonchev–Trinajstić information content (AvgIpc) is 2.37. The van der Waals surface area contributed by atoms with Crippen LogP contribution in [0, 0.1) is 5.41 Å². The van der Waals surface area contributed by atoms with Gasteiger partial charge in [-0.05, 0) is 37.0 Å². The van der Waals surface area contributed by atoms with E-state index in [1.807, 2.05) is 27.7 Å². The van der Waals surface area contributed by atoms with Crippen molar-refractivity contribution in [3.05, 3.63) is 23.8 Å². The van der Waals surface area contributed by atoms with Crippen molar-refractivity contribution in [3.8, 4) is 5.75 Å². The monoisotopic (exact) mass is 377 g/mol. The first-order valence-corrected chi connectivity index (χ1v) is 9.76. The number of ether oxygens (including phenoxy) is 1. The third-order valence-electron chi connectivity index (χ3n) is 2.90. The molecule has 6 heteroatoms. The van der Waals surface area contributed by atoms with E-state index in [0.717, 1.165) is 11.3 Å². The van der Waals surface area contributed by atoms with Crippen molar-refractivity contribution in [3.63, 3.8) is 0 Å². The van der Waals surface area contributed by atoms with Crippen LogP contribution in [-0.4, -0.2) is 20.8 Å². The van der Waals surface area contributed by atoms with Crippen molar-refractivity contribution in [1.29, 1.82) is 0 Å². The highest BCUT2D eigenvalue weighted by Gasteiger charge is 2.17. The van der Waals surface area contributed by atoms with Gasteiger partial charge in [0, 0.05) is 16.6 Å². The van der Waals surface area contributed by atoms with Crippen molar-refractivity contribution < 1.29 is 13.2 Å². The van der Waals surface area contributed by atoms with E-state index in [1.54, 1.807) is 18.2 Å². The van der Waals surface area contributed by atoms with Gasteiger partial charge >= 0.3 is 0 Å². The Hall–Kier alpha value is -0.750. The van der Waals surface area contributed by atoms with Crippen molar-refractivity contribution in [1.82, 2.24) is 0 Å². The summed E-state index contributed by atoms with van der Waals surface area (Å²) in [6, 6.07) is 5.32. The molecule has 1 rings (SSSR count). The molecule has 1 aromatic carbocycles. The number of nitrogens with one attached hydrogen (secondary N) is 1. The molecule has 4 nitrogen and oxygen atoms in total. The largest absolute Gasteiger partial charge is 0.494 e. The normalized spacial score (nSPS) is 12.2. The van der Waals surface area contributed by atoms with Gasteiger partial charge in [-0.3, -0.25) is 4.72 Å². The second-order valence-electron chi connectivity index (χ2n) is 6.12. The molecule has 0 aliphatic rings. The molecule has 0 saturated carbocycles. The molecular weight excluding hydrogens is 354 g/mol. The highest BCUT2D eigenvalue weighted by molar-refractivity contribution is 9.08. The van der Waals surface area contributed by atoms with E-state index < -0.39 is 10.0 Å². The summed E-state index contributed by atoms with van der Waals surface area (Å²) in [5.41, 5.74) is 1.49. The SMILES string of the molecule is CCOc1ccc(NS(=O)(=O)CCC(C)(C)C)cc1CBr. The quantitative estimate of drug-likeness (QED) is 0.725. The number of benzene rings is 1. The number of hydrogen-bond donors (Lipinski definition) is 1. The summed E-state index contributed by atoms with van der Waals surface area (Å²) in [5.74, 6) is 0.889. The van der Waals surface area contributed by atoms with Gasteiger partial charge in [-0.15, -0.1) is 0 Å². The third-order valence-corrected chi connectivity index (χ3v) is 4.79. The van der Waals surface area contributed by atoms with E-state index >= 15 is 0 Å². The van der Waals surface area contributed by atoms with Crippen LogP contribution in [0.3, 0.4) is 0 Å². The van der Waals surface area contributed by atoms with Crippen LogP contribution in [0.15, 0.2) is 18.2 Å². The van der Waals surface area contributed by atoms with Crippen molar-refractivity contribution >= 4 is 31.6 Å². The molecule has 0 unspecified atom stereocenters. The predicted octanol–water partition coefficient (Wildman–Crippen LogP) is 4.16. The molecule has 0 fully saturated rings. The lowest BCUT2D eigenvalue weighted by molar-refractivity contribution is 0.338. The molecule has 0 radical (unpaired) electrons. The van der Waals surface area contributed by atoms with E-state index in [9.17, 15) is 8.42 Å². The molecule has 0 aliphatic heterocycles. The summed E-state index contributed by atoms with van der Waals surface area (Å²) in [4.78, 5) is 0. The van der Waals surface area contributed by atoms with Gasteiger partial charge in [0.2, 0.25) is 10.0 Å². The van der Waals surface area contributed by atoms with Gasteiger partial charge < -0.3 is 4.74 Å². The molecule has 21 heavy (non-hydrogen) atoms. The summed E-state index contributed by atoms with van der Waals surface area (Å²) in [5, 5.41) is 0.611. The van der Waals surface area contributed by atoms with Gasteiger partial charge in [0.15, 0.2) is 0 Å². The van der Waals surface area contributed by atoms with Gasteiger partial charge in [-0.25, -0.2) is 8.42 Å². The first-order valence-electron chi connectivity index (χ1n) is 6.99. The summed E-state index contributed by atoms with van der Waals surface area (Å²) in [6.45, 7) is 8.59. The minimum Gasteiger partial charge on any atom is -0.494 e. The smallest absolute Gasteiger partial charge is 0.232 e. The summed E-state index contributed by atoms with van der Waals surface area (Å²) in [6.07, 6.45) is 0.616. The minimum atomic E-state index is -3.32. The van der Waals surface area contributed by atoms with Crippen LogP contribution >= 0.6 is 15.9 Å². The number of halogens is 1. The standard InChI is InChI=1S/C15H24BrNO3S/c1-5-20-14-7-6-13(10-12(14)11-16)17-21(18,19)9-8-15(2,3)4/h6-7,10,17H,5,8-9,11H2,1-4H3. The lowest BCUT2D eigenvalue weighted by Gasteiger charge is -2.18. The van der Waals surface area contributed by atoms with Gasteiger partial charge in [0.1, 0.15) is 5.75 Å². The van der Waals surface area contributed by atoms with E-state index in [4.69, 9.17) is 4.74 Å². The maximum absolute atomic E-state index is 12.1. The number of anilines is 1. The van der Waals surface area contributed by atoms with E-state index in [2.05, 4.69) is 20.7 Å². The Bertz CT molecular complexity index is 565. The van der Waals surface area contributed by atoms with Crippen LogP contribution < -0.4 is 9.46 Å². The second kappa shape index (κ2) is 7.49. The van der Waals surface area contributed by atoms with E-state index in [-0.39, 0.29) is 11.2 Å². The maximum Gasteiger partial charge on any atom is 0.232 e. The number of rotatable bonds is 7. The van der Waals surface area contributed by atoms with Gasteiger partial charge in [-0.2, -0.15) is 0 Å². The van der Waals surface area contributed by atoms with Gasteiger partial charge in [0.25, 0.3) is 0 Å². The number of sulfonamides is 1. The zero-order valence-corrected chi connectivity index (χ0v) is 15.5. The van der Waals surface area contributed by atoms with Crippen molar-refractivity contribution in [2.45, 2.75) is 39.4 Å². The molecule has 0 atom stereocenters. The Morgan fingerprint density at radius 2 is 1.95 bits per heavy atom. The summed E-state index contributed by atoms with van der Waals surface area (Å²) < 4.78 is 32.3. The molecule has 0 aliphatic carbocycles.